The average Bonchev–Trinajstić information content (AvgIpc) is 3.56. The monoisotopic (exact) mass is 486 g/mol. The fourth-order valence-electron chi connectivity index (χ4n) is 4.15. The summed E-state index contributed by atoms with van der Waals surface area (Å²) in [5.41, 5.74) is 12.7. The highest BCUT2D eigenvalue weighted by Gasteiger charge is 2.29. The molecular weight excluding hydrogens is 459 g/mol. The first-order chi connectivity index (χ1) is 16.2. The van der Waals surface area contributed by atoms with Gasteiger partial charge in [0.25, 0.3) is 0 Å². The van der Waals surface area contributed by atoms with Crippen LogP contribution in [0.1, 0.15) is 53.7 Å². The molecule has 3 aromatic rings. The zero-order valence-corrected chi connectivity index (χ0v) is 19.8. The van der Waals surface area contributed by atoms with Crippen molar-refractivity contribution in [1.29, 1.82) is 0 Å². The van der Waals surface area contributed by atoms with E-state index in [1.54, 1.807) is 13.0 Å². The highest BCUT2D eigenvalue weighted by molar-refractivity contribution is 7.18. The van der Waals surface area contributed by atoms with E-state index in [4.69, 9.17) is 16.0 Å². The van der Waals surface area contributed by atoms with Crippen molar-refractivity contribution in [2.24, 2.45) is 5.73 Å². The standard InChI is InChI=1S/C23H27FN6O3S/c1-13(22(26)32)30(17-9-7-14(24)8-10-17)23-27-21(25)20(34-23)19(31)18-11-15(28-33-18)12-29(2)16-5-3-4-6-16/h7-11,13,16H,3-6,12,25H2,1-2H3,(H2,26,32)/t13-/m1/s1. The minimum Gasteiger partial charge on any atom is -0.382 e. The van der Waals surface area contributed by atoms with E-state index in [1.165, 1.54) is 42.0 Å². The Bertz CT molecular complexity index is 1170. The van der Waals surface area contributed by atoms with E-state index in [2.05, 4.69) is 15.0 Å². The maximum absolute atomic E-state index is 13.4. The Hall–Kier alpha value is -3.31. The Labute approximate surface area is 200 Å². The van der Waals surface area contributed by atoms with E-state index >= 15 is 0 Å². The third kappa shape index (κ3) is 4.95. The van der Waals surface area contributed by atoms with Gasteiger partial charge in [-0.3, -0.25) is 14.5 Å². The molecule has 1 aromatic carbocycles. The van der Waals surface area contributed by atoms with Gasteiger partial charge >= 0.3 is 0 Å². The molecule has 9 nitrogen and oxygen atoms in total. The van der Waals surface area contributed by atoms with Crippen molar-refractivity contribution in [3.8, 4) is 0 Å². The molecule has 1 fully saturated rings. The molecule has 0 aliphatic heterocycles. The second kappa shape index (κ2) is 9.90. The molecule has 0 unspecified atom stereocenters. The predicted molar refractivity (Wildman–Crippen MR) is 127 cm³/mol. The predicted octanol–water partition coefficient (Wildman–Crippen LogP) is 3.47. The minimum absolute atomic E-state index is 0.00481. The zero-order chi connectivity index (χ0) is 24.4. The zero-order valence-electron chi connectivity index (χ0n) is 19.0. The van der Waals surface area contributed by atoms with Crippen molar-refractivity contribution < 1.29 is 18.5 Å². The molecule has 34 heavy (non-hydrogen) atoms. The number of hydrogen-bond acceptors (Lipinski definition) is 9. The number of aromatic nitrogens is 2. The number of nitrogens with zero attached hydrogens (tertiary/aromatic N) is 4. The smallest absolute Gasteiger partial charge is 0.244 e. The van der Waals surface area contributed by atoms with Crippen LogP contribution in [0, 0.1) is 5.82 Å². The number of nitrogen functional groups attached to an aromatic ring is 1. The molecular formula is C23H27FN6O3S. The minimum atomic E-state index is -0.818. The summed E-state index contributed by atoms with van der Waals surface area (Å²) in [5, 5.41) is 4.33. The topological polar surface area (TPSA) is 132 Å². The van der Waals surface area contributed by atoms with Crippen LogP contribution in [0.3, 0.4) is 0 Å². The van der Waals surface area contributed by atoms with Crippen molar-refractivity contribution >= 4 is 39.7 Å². The molecule has 0 saturated heterocycles. The SMILES string of the molecule is C[C@H](C(N)=O)N(c1ccc(F)cc1)c1nc(N)c(C(=O)c2cc(CN(C)C3CCCC3)no2)s1. The first-order valence-electron chi connectivity index (χ1n) is 11.1. The Morgan fingerprint density at radius 3 is 2.59 bits per heavy atom. The van der Waals surface area contributed by atoms with Crippen LogP contribution in [0.25, 0.3) is 0 Å². The van der Waals surface area contributed by atoms with Gasteiger partial charge in [0.05, 0.1) is 5.69 Å². The van der Waals surface area contributed by atoms with Crippen LogP contribution >= 0.6 is 11.3 Å². The summed E-state index contributed by atoms with van der Waals surface area (Å²) >= 11 is 0.999. The van der Waals surface area contributed by atoms with E-state index in [-0.39, 0.29) is 21.6 Å². The summed E-state index contributed by atoms with van der Waals surface area (Å²) in [6, 6.07) is 6.84. The van der Waals surface area contributed by atoms with Gasteiger partial charge in [-0.05, 0) is 51.1 Å². The van der Waals surface area contributed by atoms with Gasteiger partial charge in [-0.1, -0.05) is 29.3 Å². The van der Waals surface area contributed by atoms with E-state index < -0.39 is 23.5 Å². The van der Waals surface area contributed by atoms with Crippen molar-refractivity contribution in [3.63, 3.8) is 0 Å². The number of rotatable bonds is 9. The molecule has 180 valence electrons. The summed E-state index contributed by atoms with van der Waals surface area (Å²) in [6.07, 6.45) is 4.78. The maximum atomic E-state index is 13.4. The first kappa shape index (κ1) is 23.8. The summed E-state index contributed by atoms with van der Waals surface area (Å²) in [5.74, 6) is -1.43. The van der Waals surface area contributed by atoms with Crippen LogP contribution in [0.4, 0.5) is 21.0 Å². The van der Waals surface area contributed by atoms with E-state index in [0.717, 1.165) is 24.2 Å². The number of carbonyl (C=O) groups excluding carboxylic acids is 2. The van der Waals surface area contributed by atoms with Gasteiger partial charge in [-0.2, -0.15) is 0 Å². The van der Waals surface area contributed by atoms with Crippen LogP contribution in [-0.2, 0) is 11.3 Å². The third-order valence-electron chi connectivity index (χ3n) is 6.10. The molecule has 1 aliphatic carbocycles. The largest absolute Gasteiger partial charge is 0.382 e. The van der Waals surface area contributed by atoms with E-state index in [1.807, 2.05) is 7.05 Å². The van der Waals surface area contributed by atoms with Crippen molar-refractivity contribution in [2.75, 3.05) is 17.7 Å². The normalized spacial score (nSPS) is 15.1. The fourth-order valence-corrected chi connectivity index (χ4v) is 5.18. The molecule has 0 radical (unpaired) electrons. The number of amides is 1. The maximum Gasteiger partial charge on any atom is 0.244 e. The van der Waals surface area contributed by atoms with Gasteiger partial charge in [-0.25, -0.2) is 9.37 Å². The van der Waals surface area contributed by atoms with Crippen LogP contribution < -0.4 is 16.4 Å². The average molecular weight is 487 g/mol. The van der Waals surface area contributed by atoms with Gasteiger partial charge in [-0.15, -0.1) is 0 Å². The molecule has 4 rings (SSSR count). The number of benzene rings is 1. The van der Waals surface area contributed by atoms with E-state index in [0.29, 0.717) is 24.0 Å². The second-order valence-electron chi connectivity index (χ2n) is 8.50. The van der Waals surface area contributed by atoms with Gasteiger partial charge in [0.1, 0.15) is 22.6 Å². The highest BCUT2D eigenvalue weighted by atomic mass is 32.1. The number of carbonyl (C=O) groups is 2. The molecule has 1 saturated carbocycles. The lowest BCUT2D eigenvalue weighted by Gasteiger charge is -2.26. The van der Waals surface area contributed by atoms with Crippen molar-refractivity contribution in [1.82, 2.24) is 15.0 Å². The molecule has 4 N–H and O–H groups in total. The number of primary amides is 1. The molecule has 1 amide bonds. The van der Waals surface area contributed by atoms with Crippen molar-refractivity contribution in [2.45, 2.75) is 51.2 Å². The number of ketones is 1. The second-order valence-corrected chi connectivity index (χ2v) is 9.48. The molecule has 0 bridgehead atoms. The summed E-state index contributed by atoms with van der Waals surface area (Å²) in [7, 11) is 2.05. The third-order valence-corrected chi connectivity index (χ3v) is 7.17. The fraction of sp³-hybridized carbons (Fsp3) is 0.391. The first-order valence-corrected chi connectivity index (χ1v) is 11.9. The Morgan fingerprint density at radius 1 is 1.26 bits per heavy atom. The quantitative estimate of drug-likeness (QED) is 0.440. The van der Waals surface area contributed by atoms with Crippen LogP contribution in [0.5, 0.6) is 0 Å². The lowest BCUT2D eigenvalue weighted by Crippen LogP contribution is -2.39. The number of hydrogen-bond donors (Lipinski definition) is 2. The van der Waals surface area contributed by atoms with Gasteiger partial charge in [0, 0.05) is 24.3 Å². The lowest BCUT2D eigenvalue weighted by molar-refractivity contribution is -0.118. The lowest BCUT2D eigenvalue weighted by atomic mass is 10.2. The number of anilines is 3. The van der Waals surface area contributed by atoms with Crippen LogP contribution in [-0.4, -0.2) is 45.9 Å². The summed E-state index contributed by atoms with van der Waals surface area (Å²) < 4.78 is 18.8. The van der Waals surface area contributed by atoms with Crippen LogP contribution in [0.15, 0.2) is 34.9 Å². The molecule has 1 aliphatic rings. The molecule has 1 atom stereocenters. The number of nitrogens with two attached hydrogens (primary N) is 2. The molecule has 11 heteroatoms. The van der Waals surface area contributed by atoms with Gasteiger partial charge < -0.3 is 20.9 Å². The van der Waals surface area contributed by atoms with E-state index in [9.17, 15) is 14.0 Å². The van der Waals surface area contributed by atoms with Crippen molar-refractivity contribution in [3.05, 3.63) is 52.5 Å². The Balaban J connectivity index is 1.57. The molecule has 0 spiro atoms. The summed E-state index contributed by atoms with van der Waals surface area (Å²) in [6.45, 7) is 2.17. The van der Waals surface area contributed by atoms with Gasteiger partial charge in [0.2, 0.25) is 17.5 Å². The number of halogens is 1. The Kier molecular flexibility index (Phi) is 6.94. The highest BCUT2D eigenvalue weighted by Crippen LogP contribution is 2.36. The van der Waals surface area contributed by atoms with Crippen LogP contribution in [0.2, 0.25) is 0 Å². The molecule has 2 aromatic heterocycles. The Morgan fingerprint density at radius 2 is 1.94 bits per heavy atom. The van der Waals surface area contributed by atoms with Gasteiger partial charge in [0.15, 0.2) is 5.13 Å². The number of thiazole rings is 1. The molecule has 2 heterocycles. The summed E-state index contributed by atoms with van der Waals surface area (Å²) in [4.78, 5) is 33.3.